The second-order valence-electron chi connectivity index (χ2n) is 6.83. The lowest BCUT2D eigenvalue weighted by molar-refractivity contribution is -0.139. The molecule has 12 heteroatoms. The Labute approximate surface area is 157 Å². The second kappa shape index (κ2) is 9.07. The summed E-state index contributed by atoms with van der Waals surface area (Å²) in [5.41, 5.74) is 8.11. The zero-order chi connectivity index (χ0) is 20.8. The number of carbonyl (C=O) groups excluding carboxylic acids is 2. The zero-order valence-electron chi connectivity index (χ0n) is 15.8. The molecule has 3 atom stereocenters. The summed E-state index contributed by atoms with van der Waals surface area (Å²) in [6.07, 6.45) is -0.0628. The predicted octanol–water partition coefficient (Wildman–Crippen LogP) is 1.80. The first-order valence-electron chi connectivity index (χ1n) is 8.16. The van der Waals surface area contributed by atoms with Crippen LogP contribution >= 0.6 is 0 Å². The molecule has 1 N–H and O–H groups in total. The van der Waals surface area contributed by atoms with Crippen LogP contribution in [0.1, 0.15) is 34.1 Å². The number of amides is 1. The van der Waals surface area contributed by atoms with Gasteiger partial charge in [-0.2, -0.15) is 8.42 Å². The van der Waals surface area contributed by atoms with Crippen LogP contribution in [0.25, 0.3) is 10.4 Å². The summed E-state index contributed by atoms with van der Waals surface area (Å²) in [5, 5.41) is 5.97. The van der Waals surface area contributed by atoms with Crippen LogP contribution < -0.4 is 5.32 Å². The highest BCUT2D eigenvalue weighted by Crippen LogP contribution is 2.27. The molecular weight excluding hydrogens is 380 g/mol. The molecule has 27 heavy (non-hydrogen) atoms. The molecular formula is C15H24N4O7S. The third-order valence-electron chi connectivity index (χ3n) is 3.26. The molecule has 0 saturated carbocycles. The van der Waals surface area contributed by atoms with Crippen LogP contribution in [-0.2, 0) is 28.6 Å². The van der Waals surface area contributed by atoms with Crippen molar-refractivity contribution < 1.29 is 31.7 Å². The molecule has 152 valence electrons. The summed E-state index contributed by atoms with van der Waals surface area (Å²) in [6.45, 7) is 6.72. The van der Waals surface area contributed by atoms with E-state index in [-0.39, 0.29) is 18.6 Å². The summed E-state index contributed by atoms with van der Waals surface area (Å²) >= 11 is 0. The molecule has 1 amide bonds. The van der Waals surface area contributed by atoms with Crippen LogP contribution in [0, 0.1) is 0 Å². The minimum absolute atomic E-state index is 0.0876. The minimum Gasteiger partial charge on any atom is -0.463 e. The van der Waals surface area contributed by atoms with Gasteiger partial charge in [0, 0.05) is 16.9 Å². The van der Waals surface area contributed by atoms with E-state index in [1.54, 1.807) is 27.7 Å². The van der Waals surface area contributed by atoms with Crippen molar-refractivity contribution in [3.05, 3.63) is 22.1 Å². The number of azide groups is 1. The highest BCUT2D eigenvalue weighted by atomic mass is 32.2. The van der Waals surface area contributed by atoms with Crippen molar-refractivity contribution in [1.82, 2.24) is 5.32 Å². The maximum absolute atomic E-state index is 12.1. The van der Waals surface area contributed by atoms with E-state index in [0.717, 1.165) is 6.26 Å². The molecule has 0 spiro atoms. The SMILES string of the molecule is CCOC(=O)C1=C[C@@H](N=[N+]=[N-])[C@H](OS(C)(=O)=O)[C@H](NC(=O)OC(C)(C)C)C1. The van der Waals surface area contributed by atoms with Crippen LogP contribution in [0.4, 0.5) is 4.79 Å². The van der Waals surface area contributed by atoms with Crippen molar-refractivity contribution in [1.29, 1.82) is 0 Å². The smallest absolute Gasteiger partial charge is 0.407 e. The van der Waals surface area contributed by atoms with Crippen molar-refractivity contribution in [2.45, 2.75) is 57.9 Å². The maximum Gasteiger partial charge on any atom is 0.407 e. The number of nitrogens with zero attached hydrogens (tertiary/aromatic N) is 3. The molecule has 0 fully saturated rings. The second-order valence-corrected chi connectivity index (χ2v) is 8.43. The molecule has 11 nitrogen and oxygen atoms in total. The fourth-order valence-corrected chi connectivity index (χ4v) is 3.06. The van der Waals surface area contributed by atoms with Gasteiger partial charge in [0.15, 0.2) is 0 Å². The number of alkyl carbamates (subject to hydrolysis) is 1. The Balaban J connectivity index is 3.23. The quantitative estimate of drug-likeness (QED) is 0.232. The number of rotatable bonds is 6. The van der Waals surface area contributed by atoms with Gasteiger partial charge in [-0.25, -0.2) is 9.59 Å². The Hall–Kier alpha value is -2.30. The monoisotopic (exact) mass is 404 g/mol. The van der Waals surface area contributed by atoms with Gasteiger partial charge in [-0.15, -0.1) is 0 Å². The van der Waals surface area contributed by atoms with Gasteiger partial charge < -0.3 is 14.8 Å². The van der Waals surface area contributed by atoms with Crippen LogP contribution in [-0.4, -0.2) is 57.1 Å². The van der Waals surface area contributed by atoms with E-state index in [4.69, 9.17) is 19.2 Å². The average molecular weight is 404 g/mol. The van der Waals surface area contributed by atoms with E-state index in [1.807, 2.05) is 0 Å². The molecule has 1 aliphatic rings. The number of carbonyl (C=O) groups is 2. The average Bonchev–Trinajstić information content (AvgIpc) is 2.47. The minimum atomic E-state index is -3.95. The summed E-state index contributed by atoms with van der Waals surface area (Å²) < 4.78 is 38.3. The summed E-state index contributed by atoms with van der Waals surface area (Å²) in [4.78, 5) is 26.9. The molecule has 0 unspecified atom stereocenters. The Morgan fingerprint density at radius 1 is 1.41 bits per heavy atom. The van der Waals surface area contributed by atoms with Gasteiger partial charge in [-0.3, -0.25) is 4.18 Å². The Morgan fingerprint density at radius 2 is 2.04 bits per heavy atom. The van der Waals surface area contributed by atoms with E-state index < -0.39 is 46.0 Å². The van der Waals surface area contributed by atoms with Crippen molar-refractivity contribution in [2.24, 2.45) is 5.11 Å². The molecule has 0 bridgehead atoms. The van der Waals surface area contributed by atoms with Gasteiger partial charge in [0.05, 0.1) is 24.9 Å². The molecule has 0 aromatic heterocycles. The van der Waals surface area contributed by atoms with Crippen LogP contribution in [0.5, 0.6) is 0 Å². The summed E-state index contributed by atoms with van der Waals surface area (Å²) in [7, 11) is -3.95. The van der Waals surface area contributed by atoms with Crippen molar-refractivity contribution in [3.63, 3.8) is 0 Å². The Bertz CT molecular complexity index is 751. The van der Waals surface area contributed by atoms with Gasteiger partial charge in [0.25, 0.3) is 10.1 Å². The lowest BCUT2D eigenvalue weighted by Gasteiger charge is -2.34. The summed E-state index contributed by atoms with van der Waals surface area (Å²) in [5.74, 6) is -0.663. The predicted molar refractivity (Wildman–Crippen MR) is 95.1 cm³/mol. The van der Waals surface area contributed by atoms with Crippen LogP contribution in [0.3, 0.4) is 0 Å². The Morgan fingerprint density at radius 3 is 2.52 bits per heavy atom. The highest BCUT2D eigenvalue weighted by Gasteiger charge is 2.39. The number of hydrogen-bond donors (Lipinski definition) is 1. The van der Waals surface area contributed by atoms with Crippen molar-refractivity contribution in [3.8, 4) is 0 Å². The number of esters is 1. The number of nitrogens with one attached hydrogen (secondary N) is 1. The normalized spacial score (nSPS) is 22.9. The number of hydrogen-bond acceptors (Lipinski definition) is 8. The first kappa shape index (κ1) is 22.7. The van der Waals surface area contributed by atoms with Crippen LogP contribution in [0.15, 0.2) is 16.8 Å². The van der Waals surface area contributed by atoms with Gasteiger partial charge in [0.2, 0.25) is 0 Å². The largest absolute Gasteiger partial charge is 0.463 e. The maximum atomic E-state index is 12.1. The lowest BCUT2D eigenvalue weighted by Crippen LogP contribution is -2.53. The zero-order valence-corrected chi connectivity index (χ0v) is 16.6. The van der Waals surface area contributed by atoms with Gasteiger partial charge in [0.1, 0.15) is 11.7 Å². The third kappa shape index (κ3) is 7.85. The molecule has 0 heterocycles. The van der Waals surface area contributed by atoms with E-state index in [0.29, 0.717) is 0 Å². The highest BCUT2D eigenvalue weighted by molar-refractivity contribution is 7.86. The van der Waals surface area contributed by atoms with Gasteiger partial charge >= 0.3 is 12.1 Å². The topological polar surface area (TPSA) is 157 Å². The lowest BCUT2D eigenvalue weighted by atomic mass is 9.89. The molecule has 0 aromatic rings. The first-order valence-corrected chi connectivity index (χ1v) is 9.97. The molecule has 0 aliphatic heterocycles. The van der Waals surface area contributed by atoms with E-state index in [1.165, 1.54) is 6.08 Å². The van der Waals surface area contributed by atoms with Crippen LogP contribution in [0.2, 0.25) is 0 Å². The summed E-state index contributed by atoms with van der Waals surface area (Å²) in [6, 6.07) is -2.16. The van der Waals surface area contributed by atoms with Crippen molar-refractivity contribution in [2.75, 3.05) is 12.9 Å². The number of ether oxygens (including phenoxy) is 2. The molecule has 1 rings (SSSR count). The van der Waals surface area contributed by atoms with E-state index in [9.17, 15) is 18.0 Å². The molecule has 0 radical (unpaired) electrons. The standard InChI is InChI=1S/C15H24N4O7S/c1-6-24-13(20)9-7-10(17-14(21)25-15(2,3)4)12(26-27(5,22)23)11(8-9)18-19-16/h8,10-12H,6-7H2,1-5H3,(H,17,21)/t10-,11-,12-/m1/s1. The third-order valence-corrected chi connectivity index (χ3v) is 3.83. The first-order chi connectivity index (χ1) is 12.4. The molecule has 1 aliphatic carbocycles. The fourth-order valence-electron chi connectivity index (χ4n) is 2.41. The van der Waals surface area contributed by atoms with Gasteiger partial charge in [-0.1, -0.05) is 11.2 Å². The Kier molecular flexibility index (Phi) is 7.64. The van der Waals surface area contributed by atoms with Crippen molar-refractivity contribution >= 4 is 22.2 Å². The van der Waals surface area contributed by atoms with Gasteiger partial charge in [-0.05, 0) is 33.2 Å². The van der Waals surface area contributed by atoms with E-state index >= 15 is 0 Å². The van der Waals surface area contributed by atoms with E-state index in [2.05, 4.69) is 15.3 Å². The fraction of sp³-hybridized carbons (Fsp3) is 0.733. The molecule has 0 saturated heterocycles. The molecule has 0 aromatic carbocycles.